The summed E-state index contributed by atoms with van der Waals surface area (Å²) >= 11 is 1.68. The van der Waals surface area contributed by atoms with Crippen molar-refractivity contribution in [3.63, 3.8) is 0 Å². The lowest BCUT2D eigenvalue weighted by atomic mass is 9.99. The minimum Gasteiger partial charge on any atom is -0.308 e. The molecule has 7 heteroatoms. The molecule has 0 aliphatic carbocycles. The summed E-state index contributed by atoms with van der Waals surface area (Å²) in [6, 6.07) is 19.1. The molecule has 0 bridgehead atoms. The summed E-state index contributed by atoms with van der Waals surface area (Å²) in [6.07, 6.45) is 0. The van der Waals surface area contributed by atoms with E-state index in [1.807, 2.05) is 25.1 Å². The summed E-state index contributed by atoms with van der Waals surface area (Å²) in [7, 11) is 2.19. The number of rotatable bonds is 4. The number of piperazine rings is 1. The Kier molecular flexibility index (Phi) is 6.04. The summed E-state index contributed by atoms with van der Waals surface area (Å²) in [5.74, 6) is 0.633. The second-order valence-corrected chi connectivity index (χ2v) is 10.1. The molecule has 1 fully saturated rings. The summed E-state index contributed by atoms with van der Waals surface area (Å²) < 4.78 is 0. The fraction of sp³-hybridized carbons (Fsp3) is 0.360. The van der Waals surface area contributed by atoms with Crippen LogP contribution in [-0.2, 0) is 11.3 Å². The summed E-state index contributed by atoms with van der Waals surface area (Å²) in [6.45, 7) is 7.42. The topological polar surface area (TPSA) is 64.3 Å². The number of aromatic nitrogens is 2. The van der Waals surface area contributed by atoms with E-state index in [1.165, 1.54) is 11.1 Å². The molecule has 5 rings (SSSR count). The SMILES string of the molecule is CC1SC(c2ccc(CN3CCN(C)CC3)cc2)c2c(n[nH]c2-c2ccccc2)NC1=O. The molecule has 0 saturated carbocycles. The highest BCUT2D eigenvalue weighted by molar-refractivity contribution is 8.01. The normalized spacial score (nSPS) is 22.2. The molecule has 2 N–H and O–H groups in total. The molecule has 2 aliphatic heterocycles. The van der Waals surface area contributed by atoms with E-state index < -0.39 is 0 Å². The molecule has 1 aromatic heterocycles. The van der Waals surface area contributed by atoms with Crippen LogP contribution in [0, 0.1) is 0 Å². The average molecular weight is 448 g/mol. The zero-order chi connectivity index (χ0) is 22.1. The number of likely N-dealkylation sites (N-methyl/N-ethyl adjacent to an activating group) is 1. The van der Waals surface area contributed by atoms with Gasteiger partial charge in [-0.1, -0.05) is 54.6 Å². The predicted octanol–water partition coefficient (Wildman–Crippen LogP) is 3.99. The third kappa shape index (κ3) is 4.33. The number of nitrogens with zero attached hydrogens (tertiary/aromatic N) is 3. The third-order valence-electron chi connectivity index (χ3n) is 6.36. The van der Waals surface area contributed by atoms with Crippen LogP contribution in [0.5, 0.6) is 0 Å². The first-order valence-electron chi connectivity index (χ1n) is 11.2. The molecule has 2 aliphatic rings. The molecule has 0 radical (unpaired) electrons. The van der Waals surface area contributed by atoms with Gasteiger partial charge in [0.15, 0.2) is 5.82 Å². The van der Waals surface area contributed by atoms with Crippen LogP contribution in [0.2, 0.25) is 0 Å². The fourth-order valence-corrected chi connectivity index (χ4v) is 5.66. The molecule has 2 unspecified atom stereocenters. The van der Waals surface area contributed by atoms with E-state index >= 15 is 0 Å². The largest absolute Gasteiger partial charge is 0.308 e. The molecule has 166 valence electrons. The second-order valence-electron chi connectivity index (χ2n) is 8.70. The van der Waals surface area contributed by atoms with Gasteiger partial charge in [-0.3, -0.25) is 14.8 Å². The van der Waals surface area contributed by atoms with Crippen LogP contribution in [0.25, 0.3) is 11.3 Å². The maximum absolute atomic E-state index is 12.6. The van der Waals surface area contributed by atoms with Crippen molar-refractivity contribution in [2.75, 3.05) is 38.5 Å². The molecule has 3 heterocycles. The maximum Gasteiger partial charge on any atom is 0.238 e. The molecule has 6 nitrogen and oxygen atoms in total. The first-order chi connectivity index (χ1) is 15.6. The molecule has 0 spiro atoms. The minimum atomic E-state index is -0.164. The van der Waals surface area contributed by atoms with E-state index in [9.17, 15) is 4.79 Å². The third-order valence-corrected chi connectivity index (χ3v) is 7.77. The number of benzene rings is 2. The van der Waals surface area contributed by atoms with Gasteiger partial charge in [0.25, 0.3) is 0 Å². The zero-order valence-corrected chi connectivity index (χ0v) is 19.4. The van der Waals surface area contributed by atoms with Crippen molar-refractivity contribution in [1.29, 1.82) is 0 Å². The number of carbonyl (C=O) groups is 1. The number of H-pyrrole nitrogens is 1. The molecule has 1 amide bonds. The predicted molar refractivity (Wildman–Crippen MR) is 131 cm³/mol. The molecule has 32 heavy (non-hydrogen) atoms. The fourth-order valence-electron chi connectivity index (χ4n) is 4.39. The van der Waals surface area contributed by atoms with Gasteiger partial charge in [0.1, 0.15) is 0 Å². The van der Waals surface area contributed by atoms with Crippen LogP contribution < -0.4 is 5.32 Å². The smallest absolute Gasteiger partial charge is 0.238 e. The van der Waals surface area contributed by atoms with Crippen molar-refractivity contribution >= 4 is 23.5 Å². The Morgan fingerprint density at radius 2 is 1.75 bits per heavy atom. The Balaban J connectivity index is 1.45. The second kappa shape index (κ2) is 9.10. The van der Waals surface area contributed by atoms with Gasteiger partial charge in [0, 0.05) is 38.3 Å². The molecule has 2 aromatic carbocycles. The first kappa shape index (κ1) is 21.2. The number of fused-ring (bicyclic) bond motifs is 1. The maximum atomic E-state index is 12.6. The number of thioether (sulfide) groups is 1. The number of aromatic amines is 1. The number of carbonyl (C=O) groups excluding carboxylic acids is 1. The lowest BCUT2D eigenvalue weighted by Gasteiger charge is -2.32. The molecule has 2 atom stereocenters. The summed E-state index contributed by atoms with van der Waals surface area (Å²) in [5.41, 5.74) is 5.61. The van der Waals surface area contributed by atoms with Gasteiger partial charge in [0.2, 0.25) is 5.91 Å². The first-order valence-corrected chi connectivity index (χ1v) is 12.1. The lowest BCUT2D eigenvalue weighted by molar-refractivity contribution is -0.115. The van der Waals surface area contributed by atoms with Gasteiger partial charge in [-0.25, -0.2) is 0 Å². The van der Waals surface area contributed by atoms with Crippen molar-refractivity contribution in [3.8, 4) is 11.3 Å². The van der Waals surface area contributed by atoms with E-state index in [-0.39, 0.29) is 16.4 Å². The van der Waals surface area contributed by atoms with Crippen LogP contribution in [0.15, 0.2) is 54.6 Å². The van der Waals surface area contributed by atoms with Crippen LogP contribution in [-0.4, -0.2) is 64.4 Å². The van der Waals surface area contributed by atoms with E-state index in [2.05, 4.69) is 68.8 Å². The van der Waals surface area contributed by atoms with Crippen molar-refractivity contribution in [1.82, 2.24) is 20.0 Å². The molecular formula is C25H29N5OS. The quantitative estimate of drug-likeness (QED) is 0.633. The highest BCUT2D eigenvalue weighted by Gasteiger charge is 2.33. The average Bonchev–Trinajstić information content (AvgIpc) is 3.18. The molecule has 1 saturated heterocycles. The van der Waals surface area contributed by atoms with Crippen molar-refractivity contribution in [2.45, 2.75) is 24.0 Å². The highest BCUT2D eigenvalue weighted by Crippen LogP contribution is 2.47. The van der Waals surface area contributed by atoms with Crippen molar-refractivity contribution < 1.29 is 4.79 Å². The Bertz CT molecular complexity index is 1070. The van der Waals surface area contributed by atoms with Gasteiger partial charge in [0.05, 0.1) is 16.2 Å². The molecular weight excluding hydrogens is 418 g/mol. The van der Waals surface area contributed by atoms with Gasteiger partial charge in [-0.15, -0.1) is 11.8 Å². The highest BCUT2D eigenvalue weighted by atomic mass is 32.2. The van der Waals surface area contributed by atoms with Gasteiger partial charge < -0.3 is 10.2 Å². The number of hydrogen-bond acceptors (Lipinski definition) is 5. The number of nitrogens with one attached hydrogen (secondary N) is 2. The monoisotopic (exact) mass is 447 g/mol. The van der Waals surface area contributed by atoms with Gasteiger partial charge in [-0.2, -0.15) is 5.10 Å². The zero-order valence-electron chi connectivity index (χ0n) is 18.5. The van der Waals surface area contributed by atoms with Crippen LogP contribution >= 0.6 is 11.8 Å². The number of amides is 1. The van der Waals surface area contributed by atoms with E-state index in [0.29, 0.717) is 5.82 Å². The van der Waals surface area contributed by atoms with E-state index in [4.69, 9.17) is 0 Å². The number of anilines is 1. The van der Waals surface area contributed by atoms with Gasteiger partial charge in [-0.05, 0) is 30.7 Å². The minimum absolute atomic E-state index is 0.00320. The van der Waals surface area contributed by atoms with E-state index in [0.717, 1.165) is 49.5 Å². The van der Waals surface area contributed by atoms with Gasteiger partial charge >= 0.3 is 0 Å². The van der Waals surface area contributed by atoms with Crippen molar-refractivity contribution in [3.05, 3.63) is 71.3 Å². The van der Waals surface area contributed by atoms with E-state index in [1.54, 1.807) is 11.8 Å². The number of hydrogen-bond donors (Lipinski definition) is 2. The Labute approximate surface area is 193 Å². The Hall–Kier alpha value is -2.61. The summed E-state index contributed by atoms with van der Waals surface area (Å²) in [4.78, 5) is 17.5. The summed E-state index contributed by atoms with van der Waals surface area (Å²) in [5, 5.41) is 10.5. The van der Waals surface area contributed by atoms with Crippen LogP contribution in [0.1, 0.15) is 28.9 Å². The molecule has 3 aromatic rings. The Morgan fingerprint density at radius 3 is 2.47 bits per heavy atom. The standard InChI is InChI=1S/C25H29N5OS/c1-17-25(31)26-24-21(22(27-28-24)19-6-4-3-5-7-19)23(32-17)20-10-8-18(9-11-20)16-30-14-12-29(2)13-15-30/h3-11,17,23H,12-16H2,1-2H3,(H2,26,27,28,31). The van der Waals surface area contributed by atoms with Crippen LogP contribution in [0.4, 0.5) is 5.82 Å². The van der Waals surface area contributed by atoms with Crippen LogP contribution in [0.3, 0.4) is 0 Å². The Morgan fingerprint density at radius 1 is 1.03 bits per heavy atom. The van der Waals surface area contributed by atoms with Crippen molar-refractivity contribution in [2.24, 2.45) is 0 Å². The lowest BCUT2D eigenvalue weighted by Crippen LogP contribution is -2.43.